The first-order valence-corrected chi connectivity index (χ1v) is 7.17. The molecule has 0 fully saturated rings. The van der Waals surface area contributed by atoms with Crippen molar-refractivity contribution >= 4 is 23.3 Å². The molecule has 2 aromatic carbocycles. The minimum Gasteiger partial charge on any atom is -0.449 e. The fraction of sp³-hybridized carbons (Fsp3) is 0.118. The first-order valence-electron chi connectivity index (χ1n) is 7.17. The molecule has 2 rings (SSSR count). The topological polar surface area (TPSA) is 122 Å². The summed E-state index contributed by atoms with van der Waals surface area (Å²) in [6.07, 6.45) is -1.09. The number of hydrogen-bond donors (Lipinski definition) is 1. The predicted molar refractivity (Wildman–Crippen MR) is 87.8 cm³/mol. The third-order valence-corrected chi connectivity index (χ3v) is 3.23. The molecular weight excluding hydrogens is 326 g/mol. The quantitative estimate of drug-likeness (QED) is 0.507. The number of nitro groups is 1. The summed E-state index contributed by atoms with van der Waals surface area (Å²) >= 11 is 0. The summed E-state index contributed by atoms with van der Waals surface area (Å²) in [5.41, 5.74) is 0.729. The largest absolute Gasteiger partial charge is 0.449 e. The Morgan fingerprint density at radius 1 is 1.24 bits per heavy atom. The molecule has 0 aliphatic carbocycles. The number of hydrogen-bond acceptors (Lipinski definition) is 6. The Bertz CT molecular complexity index is 855. The van der Waals surface area contributed by atoms with Gasteiger partial charge in [0.05, 0.1) is 22.1 Å². The van der Waals surface area contributed by atoms with Gasteiger partial charge in [-0.25, -0.2) is 4.79 Å². The number of rotatable bonds is 5. The first-order chi connectivity index (χ1) is 11.9. The van der Waals surface area contributed by atoms with Gasteiger partial charge in [0.1, 0.15) is 0 Å². The lowest BCUT2D eigenvalue weighted by Gasteiger charge is -2.13. The summed E-state index contributed by atoms with van der Waals surface area (Å²) in [4.78, 5) is 34.0. The van der Waals surface area contributed by atoms with E-state index in [9.17, 15) is 19.7 Å². The lowest BCUT2D eigenvalue weighted by atomic mass is 10.2. The number of ether oxygens (including phenoxy) is 1. The Morgan fingerprint density at radius 3 is 2.52 bits per heavy atom. The molecule has 126 valence electrons. The number of nitrogens with one attached hydrogen (secondary N) is 1. The lowest BCUT2D eigenvalue weighted by Crippen LogP contribution is -2.30. The van der Waals surface area contributed by atoms with Gasteiger partial charge in [0, 0.05) is 17.8 Å². The van der Waals surface area contributed by atoms with Crippen LogP contribution in [0.3, 0.4) is 0 Å². The number of nitro benzene ring substituents is 1. The molecule has 1 atom stereocenters. The van der Waals surface area contributed by atoms with Crippen LogP contribution in [0.5, 0.6) is 0 Å². The fourth-order valence-electron chi connectivity index (χ4n) is 1.91. The smallest absolute Gasteiger partial charge is 0.338 e. The number of non-ortho nitro benzene ring substituents is 1. The van der Waals surface area contributed by atoms with Gasteiger partial charge in [-0.2, -0.15) is 5.26 Å². The van der Waals surface area contributed by atoms with Crippen molar-refractivity contribution in [2.24, 2.45) is 0 Å². The number of benzene rings is 2. The van der Waals surface area contributed by atoms with Crippen molar-refractivity contribution < 1.29 is 19.2 Å². The Balaban J connectivity index is 1.99. The van der Waals surface area contributed by atoms with Crippen molar-refractivity contribution in [3.63, 3.8) is 0 Å². The molecule has 0 aromatic heterocycles. The van der Waals surface area contributed by atoms with E-state index in [-0.39, 0.29) is 11.3 Å². The van der Waals surface area contributed by atoms with Crippen molar-refractivity contribution in [1.82, 2.24) is 0 Å². The number of nitriles is 1. The van der Waals surface area contributed by atoms with Crippen molar-refractivity contribution in [2.75, 3.05) is 5.32 Å². The van der Waals surface area contributed by atoms with Crippen molar-refractivity contribution in [3.8, 4) is 6.07 Å². The molecule has 0 aliphatic heterocycles. The number of esters is 1. The van der Waals surface area contributed by atoms with Gasteiger partial charge >= 0.3 is 5.97 Å². The zero-order chi connectivity index (χ0) is 18.4. The van der Waals surface area contributed by atoms with E-state index >= 15 is 0 Å². The molecule has 0 radical (unpaired) electrons. The highest BCUT2D eigenvalue weighted by Gasteiger charge is 2.19. The van der Waals surface area contributed by atoms with Crippen LogP contribution in [0.2, 0.25) is 0 Å². The van der Waals surface area contributed by atoms with Gasteiger partial charge in [0.2, 0.25) is 0 Å². The van der Waals surface area contributed by atoms with E-state index in [0.29, 0.717) is 11.3 Å². The molecule has 0 saturated heterocycles. The van der Waals surface area contributed by atoms with E-state index < -0.39 is 22.9 Å². The minimum atomic E-state index is -1.09. The van der Waals surface area contributed by atoms with Gasteiger partial charge in [-0.3, -0.25) is 14.9 Å². The highest BCUT2D eigenvalue weighted by Crippen LogP contribution is 2.14. The normalized spacial score (nSPS) is 11.0. The van der Waals surface area contributed by atoms with Crippen LogP contribution in [0.15, 0.2) is 48.5 Å². The highest BCUT2D eigenvalue weighted by molar-refractivity contribution is 5.97. The molecular formula is C17H13N3O5. The summed E-state index contributed by atoms with van der Waals surface area (Å²) in [5.74, 6) is -1.34. The molecule has 2 aromatic rings. The second-order valence-corrected chi connectivity index (χ2v) is 5.03. The fourth-order valence-corrected chi connectivity index (χ4v) is 1.91. The van der Waals surface area contributed by atoms with Crippen molar-refractivity contribution in [2.45, 2.75) is 13.0 Å². The van der Waals surface area contributed by atoms with Crippen molar-refractivity contribution in [3.05, 3.63) is 69.8 Å². The van der Waals surface area contributed by atoms with Gasteiger partial charge in [0.15, 0.2) is 6.10 Å². The van der Waals surface area contributed by atoms with E-state index in [4.69, 9.17) is 10.00 Å². The molecule has 25 heavy (non-hydrogen) atoms. The third kappa shape index (κ3) is 4.62. The number of carbonyl (C=O) groups excluding carboxylic acids is 2. The van der Waals surface area contributed by atoms with Crippen LogP contribution in [0.25, 0.3) is 0 Å². The summed E-state index contributed by atoms with van der Waals surface area (Å²) in [6, 6.07) is 13.1. The van der Waals surface area contributed by atoms with E-state index in [2.05, 4.69) is 5.32 Å². The number of nitrogens with zero attached hydrogens (tertiary/aromatic N) is 2. The van der Waals surface area contributed by atoms with Gasteiger partial charge in [-0.15, -0.1) is 0 Å². The monoisotopic (exact) mass is 339 g/mol. The summed E-state index contributed by atoms with van der Waals surface area (Å²) < 4.78 is 5.04. The molecule has 0 heterocycles. The summed E-state index contributed by atoms with van der Waals surface area (Å²) in [5, 5.41) is 22.0. The van der Waals surface area contributed by atoms with Crippen molar-refractivity contribution in [1.29, 1.82) is 5.26 Å². The minimum absolute atomic E-state index is 0.0942. The second kappa shape index (κ2) is 7.70. The van der Waals surface area contributed by atoms with Gasteiger partial charge < -0.3 is 10.1 Å². The van der Waals surface area contributed by atoms with Gasteiger partial charge in [-0.05, 0) is 37.3 Å². The zero-order valence-corrected chi connectivity index (χ0v) is 13.1. The molecule has 1 N–H and O–H groups in total. The molecule has 0 bridgehead atoms. The van der Waals surface area contributed by atoms with Crippen LogP contribution in [0, 0.1) is 21.4 Å². The SMILES string of the molecule is CC(OC(=O)c1ccc([N+](=O)[O-])cc1)C(=O)Nc1cccc(C#N)c1. The predicted octanol–water partition coefficient (Wildman–Crippen LogP) is 2.65. The van der Waals surface area contributed by atoms with E-state index in [1.165, 1.54) is 37.3 Å². The molecule has 8 heteroatoms. The molecule has 1 amide bonds. The Labute approximate surface area is 142 Å². The molecule has 1 unspecified atom stereocenters. The van der Waals surface area contributed by atoms with E-state index in [1.54, 1.807) is 18.2 Å². The van der Waals surface area contributed by atoms with Crippen LogP contribution < -0.4 is 5.32 Å². The van der Waals surface area contributed by atoms with Crippen LogP contribution in [0.1, 0.15) is 22.8 Å². The molecule has 0 aliphatic rings. The Morgan fingerprint density at radius 2 is 1.92 bits per heavy atom. The highest BCUT2D eigenvalue weighted by atomic mass is 16.6. The number of carbonyl (C=O) groups is 2. The zero-order valence-electron chi connectivity index (χ0n) is 13.1. The van der Waals surface area contributed by atoms with Gasteiger partial charge in [0.25, 0.3) is 11.6 Å². The average Bonchev–Trinajstić information content (AvgIpc) is 2.61. The van der Waals surface area contributed by atoms with Crippen LogP contribution >= 0.6 is 0 Å². The maximum atomic E-state index is 12.1. The lowest BCUT2D eigenvalue weighted by molar-refractivity contribution is -0.384. The van der Waals surface area contributed by atoms with Crippen LogP contribution in [0.4, 0.5) is 11.4 Å². The van der Waals surface area contributed by atoms with Crippen LogP contribution in [-0.2, 0) is 9.53 Å². The maximum absolute atomic E-state index is 12.1. The van der Waals surface area contributed by atoms with E-state index in [0.717, 1.165) is 0 Å². The second-order valence-electron chi connectivity index (χ2n) is 5.03. The molecule has 0 spiro atoms. The average molecular weight is 339 g/mol. The number of amides is 1. The Kier molecular flexibility index (Phi) is 5.43. The Hall–Kier alpha value is -3.73. The summed E-state index contributed by atoms with van der Waals surface area (Å²) in [7, 11) is 0. The molecule has 8 nitrogen and oxygen atoms in total. The van der Waals surface area contributed by atoms with E-state index in [1.807, 2.05) is 6.07 Å². The standard InChI is InChI=1S/C17H13N3O5/c1-11(16(21)19-14-4-2-3-12(9-14)10-18)25-17(22)13-5-7-15(8-6-13)20(23)24/h2-9,11H,1H3,(H,19,21). The van der Waals surface area contributed by atoms with Gasteiger partial charge in [-0.1, -0.05) is 6.07 Å². The number of anilines is 1. The maximum Gasteiger partial charge on any atom is 0.338 e. The third-order valence-electron chi connectivity index (χ3n) is 3.23. The summed E-state index contributed by atoms with van der Waals surface area (Å²) in [6.45, 7) is 1.40. The first kappa shape index (κ1) is 17.6. The molecule has 0 saturated carbocycles. The van der Waals surface area contributed by atoms with Crippen LogP contribution in [-0.4, -0.2) is 22.9 Å².